The fourth-order valence-electron chi connectivity index (χ4n) is 2.40. The van der Waals surface area contributed by atoms with Crippen LogP contribution in [-0.4, -0.2) is 35.0 Å². The summed E-state index contributed by atoms with van der Waals surface area (Å²) in [5.41, 5.74) is 3.08. The number of hydrogen-bond donors (Lipinski definition) is 0. The van der Waals surface area contributed by atoms with Gasteiger partial charge in [0.1, 0.15) is 11.4 Å². The van der Waals surface area contributed by atoms with Gasteiger partial charge in [-0.15, -0.1) is 0 Å². The van der Waals surface area contributed by atoms with Crippen molar-refractivity contribution < 1.29 is 4.74 Å². The molecule has 1 aromatic rings. The Labute approximate surface area is 123 Å². The topological polar surface area (TPSA) is 38.2 Å². The van der Waals surface area contributed by atoms with Gasteiger partial charge in [-0.25, -0.2) is 9.97 Å². The van der Waals surface area contributed by atoms with E-state index >= 15 is 0 Å². The summed E-state index contributed by atoms with van der Waals surface area (Å²) in [5, 5.41) is 0. The molecule has 1 aliphatic heterocycles. The van der Waals surface area contributed by atoms with Gasteiger partial charge >= 0.3 is 0 Å². The average Bonchev–Trinajstić information content (AvgIpc) is 2.77. The normalized spacial score (nSPS) is 20.6. The van der Waals surface area contributed by atoms with Crippen molar-refractivity contribution in [2.45, 2.75) is 60.2 Å². The Morgan fingerprint density at radius 3 is 2.50 bits per heavy atom. The highest BCUT2D eigenvalue weighted by atomic mass is 16.5. The van der Waals surface area contributed by atoms with Crippen LogP contribution in [0.1, 0.15) is 56.9 Å². The molecular weight excluding hydrogens is 250 g/mol. The van der Waals surface area contributed by atoms with E-state index in [4.69, 9.17) is 4.74 Å². The van der Waals surface area contributed by atoms with Crippen molar-refractivity contribution in [3.63, 3.8) is 0 Å². The van der Waals surface area contributed by atoms with Gasteiger partial charge in [-0.2, -0.15) is 0 Å². The standard InChI is InChI=1S/C14H23N3O.C2H6/c1-6-17(5)8-7-14(4)13-12(9-18-14)10(2)15-11(3)16-13;1-2/h6-9H2,1-5H3;1-2H3. The van der Waals surface area contributed by atoms with Crippen LogP contribution in [0, 0.1) is 13.8 Å². The van der Waals surface area contributed by atoms with Crippen molar-refractivity contribution in [1.29, 1.82) is 0 Å². The van der Waals surface area contributed by atoms with Gasteiger partial charge in [-0.1, -0.05) is 20.8 Å². The first kappa shape index (κ1) is 17.1. The number of nitrogens with zero attached hydrogens (tertiary/aromatic N) is 3. The second-order valence-electron chi connectivity index (χ2n) is 5.35. The predicted octanol–water partition coefficient (Wildman–Crippen LogP) is 3.21. The van der Waals surface area contributed by atoms with Crippen molar-refractivity contribution in [3.8, 4) is 0 Å². The smallest absolute Gasteiger partial charge is 0.125 e. The maximum atomic E-state index is 6.01. The van der Waals surface area contributed by atoms with Gasteiger partial charge in [0, 0.05) is 17.8 Å². The van der Waals surface area contributed by atoms with Crippen LogP contribution in [0.5, 0.6) is 0 Å². The largest absolute Gasteiger partial charge is 0.364 e. The summed E-state index contributed by atoms with van der Waals surface area (Å²) in [4.78, 5) is 11.3. The van der Waals surface area contributed by atoms with Crippen LogP contribution < -0.4 is 0 Å². The lowest BCUT2D eigenvalue weighted by Crippen LogP contribution is -2.29. The van der Waals surface area contributed by atoms with E-state index in [9.17, 15) is 0 Å². The van der Waals surface area contributed by atoms with Gasteiger partial charge in [0.2, 0.25) is 0 Å². The number of fused-ring (bicyclic) bond motifs is 1. The monoisotopic (exact) mass is 279 g/mol. The van der Waals surface area contributed by atoms with Gasteiger partial charge in [0.15, 0.2) is 0 Å². The molecule has 0 saturated heterocycles. The molecule has 0 saturated carbocycles. The van der Waals surface area contributed by atoms with Crippen molar-refractivity contribution >= 4 is 0 Å². The fraction of sp³-hybridized carbons (Fsp3) is 0.750. The minimum Gasteiger partial charge on any atom is -0.364 e. The summed E-state index contributed by atoms with van der Waals surface area (Å²) in [7, 11) is 2.13. The van der Waals surface area contributed by atoms with Crippen LogP contribution in [0.15, 0.2) is 0 Å². The summed E-state index contributed by atoms with van der Waals surface area (Å²) < 4.78 is 6.01. The SMILES string of the molecule is CC.CCN(C)CCC1(C)OCc2c(C)nc(C)nc21. The maximum absolute atomic E-state index is 6.01. The number of ether oxygens (including phenoxy) is 1. The molecule has 4 heteroatoms. The lowest BCUT2D eigenvalue weighted by Gasteiger charge is -2.26. The Morgan fingerprint density at radius 1 is 1.25 bits per heavy atom. The third kappa shape index (κ3) is 3.55. The third-order valence-electron chi connectivity index (χ3n) is 3.87. The summed E-state index contributed by atoms with van der Waals surface area (Å²) in [5.74, 6) is 0.840. The minimum absolute atomic E-state index is 0.253. The third-order valence-corrected chi connectivity index (χ3v) is 3.87. The summed E-state index contributed by atoms with van der Waals surface area (Å²) in [6.45, 7) is 15.0. The molecule has 2 heterocycles. The molecule has 0 amide bonds. The van der Waals surface area contributed by atoms with E-state index in [2.05, 4.69) is 35.8 Å². The van der Waals surface area contributed by atoms with E-state index in [1.165, 1.54) is 5.56 Å². The number of aromatic nitrogens is 2. The lowest BCUT2D eigenvalue weighted by atomic mass is 9.95. The van der Waals surface area contributed by atoms with Crippen molar-refractivity contribution in [2.75, 3.05) is 20.1 Å². The van der Waals surface area contributed by atoms with E-state index in [0.717, 1.165) is 36.7 Å². The molecule has 20 heavy (non-hydrogen) atoms. The van der Waals surface area contributed by atoms with E-state index in [1.54, 1.807) is 0 Å². The molecule has 2 rings (SSSR count). The van der Waals surface area contributed by atoms with Gasteiger partial charge < -0.3 is 9.64 Å². The lowest BCUT2D eigenvalue weighted by molar-refractivity contribution is -0.0362. The molecule has 0 aromatic carbocycles. The maximum Gasteiger partial charge on any atom is 0.125 e. The Balaban J connectivity index is 0.000000956. The molecule has 0 fully saturated rings. The van der Waals surface area contributed by atoms with Crippen LogP contribution in [-0.2, 0) is 16.9 Å². The van der Waals surface area contributed by atoms with E-state index in [-0.39, 0.29) is 5.60 Å². The quantitative estimate of drug-likeness (QED) is 0.848. The molecule has 1 aromatic heterocycles. The highest BCUT2D eigenvalue weighted by Gasteiger charge is 2.38. The van der Waals surface area contributed by atoms with Crippen molar-refractivity contribution in [3.05, 3.63) is 22.8 Å². The van der Waals surface area contributed by atoms with Crippen LogP contribution in [0.25, 0.3) is 0 Å². The second-order valence-corrected chi connectivity index (χ2v) is 5.35. The van der Waals surface area contributed by atoms with Gasteiger partial charge in [0.25, 0.3) is 0 Å². The Morgan fingerprint density at radius 2 is 1.90 bits per heavy atom. The van der Waals surface area contributed by atoms with Crippen LogP contribution >= 0.6 is 0 Å². The zero-order chi connectivity index (χ0) is 15.3. The summed E-state index contributed by atoms with van der Waals surface area (Å²) in [6.07, 6.45) is 0.972. The predicted molar refractivity (Wildman–Crippen MR) is 82.8 cm³/mol. The van der Waals surface area contributed by atoms with Gasteiger partial charge in [0.05, 0.1) is 12.3 Å². The average molecular weight is 279 g/mol. The Hall–Kier alpha value is -1.00. The van der Waals surface area contributed by atoms with Crippen molar-refractivity contribution in [1.82, 2.24) is 14.9 Å². The zero-order valence-corrected chi connectivity index (χ0v) is 14.1. The Bertz CT molecular complexity index is 448. The molecule has 1 atom stereocenters. The number of aryl methyl sites for hydroxylation is 2. The molecule has 0 aliphatic carbocycles. The molecule has 114 valence electrons. The summed E-state index contributed by atoms with van der Waals surface area (Å²) in [6, 6.07) is 0. The van der Waals surface area contributed by atoms with Crippen molar-refractivity contribution in [2.24, 2.45) is 0 Å². The van der Waals surface area contributed by atoms with Crippen LogP contribution in [0.2, 0.25) is 0 Å². The van der Waals surface area contributed by atoms with Gasteiger partial charge in [-0.05, 0) is 40.8 Å². The molecule has 0 N–H and O–H groups in total. The molecule has 0 radical (unpaired) electrons. The van der Waals surface area contributed by atoms with Crippen LogP contribution in [0.4, 0.5) is 0 Å². The first-order valence-electron chi connectivity index (χ1n) is 7.63. The van der Waals surface area contributed by atoms with E-state index < -0.39 is 0 Å². The molecule has 1 aliphatic rings. The highest BCUT2D eigenvalue weighted by molar-refractivity contribution is 5.32. The van der Waals surface area contributed by atoms with E-state index in [0.29, 0.717) is 6.61 Å². The number of hydrogen-bond acceptors (Lipinski definition) is 4. The summed E-state index contributed by atoms with van der Waals surface area (Å²) >= 11 is 0. The highest BCUT2D eigenvalue weighted by Crippen LogP contribution is 2.38. The first-order chi connectivity index (χ1) is 9.46. The Kier molecular flexibility index (Phi) is 6.08. The number of rotatable bonds is 4. The van der Waals surface area contributed by atoms with Gasteiger partial charge in [-0.3, -0.25) is 0 Å². The second kappa shape index (κ2) is 7.14. The molecule has 4 nitrogen and oxygen atoms in total. The zero-order valence-electron chi connectivity index (χ0n) is 14.1. The fourth-order valence-corrected chi connectivity index (χ4v) is 2.40. The molecule has 1 unspecified atom stereocenters. The minimum atomic E-state index is -0.253. The van der Waals surface area contributed by atoms with Crippen LogP contribution in [0.3, 0.4) is 0 Å². The first-order valence-corrected chi connectivity index (χ1v) is 7.63. The van der Waals surface area contributed by atoms with E-state index in [1.807, 2.05) is 27.7 Å². The molecule has 0 bridgehead atoms. The molecule has 0 spiro atoms. The molecular formula is C16H29N3O.